The molecule has 0 radical (unpaired) electrons. The van der Waals surface area contributed by atoms with E-state index in [0.29, 0.717) is 17.0 Å². The van der Waals surface area contributed by atoms with Crippen molar-refractivity contribution in [3.8, 4) is 0 Å². The molecule has 0 aliphatic heterocycles. The largest absolute Gasteiger partial charge is 0.395 e. The van der Waals surface area contributed by atoms with Crippen LogP contribution in [0.15, 0.2) is 58.8 Å². The Labute approximate surface area is 142 Å². The summed E-state index contributed by atoms with van der Waals surface area (Å²) in [5, 5.41) is 14.1. The summed E-state index contributed by atoms with van der Waals surface area (Å²) in [6, 6.07) is 10.5. The maximum Gasteiger partial charge on any atom is 0.152 e. The van der Waals surface area contributed by atoms with Crippen molar-refractivity contribution in [2.24, 2.45) is 16.7 Å². The number of aromatic nitrogens is 1. The molecule has 1 aromatic carbocycles. The minimum atomic E-state index is -1.37. The van der Waals surface area contributed by atoms with E-state index in [1.54, 1.807) is 36.7 Å². The Balaban J connectivity index is 2.00. The number of nitrogens with two attached hydrogens (primary N) is 2. The Morgan fingerprint density at radius 3 is 2.54 bits per heavy atom. The van der Waals surface area contributed by atoms with E-state index in [1.807, 2.05) is 12.1 Å². The molecule has 0 aliphatic carbocycles. The van der Waals surface area contributed by atoms with Gasteiger partial charge in [-0.05, 0) is 42.0 Å². The van der Waals surface area contributed by atoms with Gasteiger partial charge < -0.3 is 10.8 Å². The van der Waals surface area contributed by atoms with Crippen LogP contribution in [-0.2, 0) is 17.5 Å². The van der Waals surface area contributed by atoms with Gasteiger partial charge in [-0.3, -0.25) is 4.98 Å². The van der Waals surface area contributed by atoms with Crippen molar-refractivity contribution in [2.75, 3.05) is 13.2 Å². The van der Waals surface area contributed by atoms with E-state index in [0.717, 1.165) is 5.56 Å². The van der Waals surface area contributed by atoms with Gasteiger partial charge in [0.2, 0.25) is 0 Å². The highest BCUT2D eigenvalue weighted by Crippen LogP contribution is 2.08. The van der Waals surface area contributed by atoms with Gasteiger partial charge in [0.1, 0.15) is 11.0 Å². The number of hydrogen-bond donors (Lipinski definition) is 4. The lowest BCUT2D eigenvalue weighted by Gasteiger charge is -2.13. The highest BCUT2D eigenvalue weighted by molar-refractivity contribution is 7.83. The van der Waals surface area contributed by atoms with Crippen molar-refractivity contribution < 1.29 is 9.32 Å². The fourth-order valence-electron chi connectivity index (χ4n) is 1.88. The van der Waals surface area contributed by atoms with Gasteiger partial charge in [0.25, 0.3) is 0 Å². The SMILES string of the molecule is N/C(=N\N(N)Cc1ccncc1)c1ccc(S(=O)NCCO)cc1. The summed E-state index contributed by atoms with van der Waals surface area (Å²) in [5.74, 6) is 6.10. The Bertz CT molecular complexity index is 693. The molecule has 1 aromatic heterocycles. The lowest BCUT2D eigenvalue weighted by atomic mass is 10.2. The maximum atomic E-state index is 11.9. The van der Waals surface area contributed by atoms with Crippen LogP contribution in [0, 0.1) is 0 Å². The first-order valence-corrected chi connectivity index (χ1v) is 8.37. The van der Waals surface area contributed by atoms with E-state index >= 15 is 0 Å². The smallest absolute Gasteiger partial charge is 0.152 e. The van der Waals surface area contributed by atoms with Crippen LogP contribution >= 0.6 is 0 Å². The van der Waals surface area contributed by atoms with E-state index in [1.165, 1.54) is 5.12 Å². The summed E-state index contributed by atoms with van der Waals surface area (Å²) in [6.45, 7) is 0.582. The van der Waals surface area contributed by atoms with Gasteiger partial charge >= 0.3 is 0 Å². The molecule has 6 N–H and O–H groups in total. The van der Waals surface area contributed by atoms with Crippen molar-refractivity contribution in [2.45, 2.75) is 11.4 Å². The molecular formula is C15H20N6O2S. The van der Waals surface area contributed by atoms with Crippen molar-refractivity contribution in [1.82, 2.24) is 14.8 Å². The fourth-order valence-corrected chi connectivity index (χ4v) is 2.70. The molecule has 1 atom stereocenters. The molecule has 2 aromatic rings. The van der Waals surface area contributed by atoms with Crippen molar-refractivity contribution in [3.05, 3.63) is 59.9 Å². The second-order valence-corrected chi connectivity index (χ2v) is 6.15. The summed E-state index contributed by atoms with van der Waals surface area (Å²) in [7, 11) is -1.37. The van der Waals surface area contributed by atoms with E-state index in [-0.39, 0.29) is 19.0 Å². The van der Waals surface area contributed by atoms with Gasteiger partial charge in [-0.15, -0.1) is 5.10 Å². The Kier molecular flexibility index (Phi) is 6.82. The second-order valence-electron chi connectivity index (χ2n) is 4.85. The minimum Gasteiger partial charge on any atom is -0.395 e. The van der Waals surface area contributed by atoms with Crippen LogP contribution < -0.4 is 16.3 Å². The van der Waals surface area contributed by atoms with Crippen LogP contribution in [-0.4, -0.2) is 38.4 Å². The van der Waals surface area contributed by atoms with Gasteiger partial charge in [-0.2, -0.15) is 0 Å². The topological polar surface area (TPSA) is 130 Å². The molecule has 128 valence electrons. The maximum absolute atomic E-state index is 11.9. The van der Waals surface area contributed by atoms with Crippen LogP contribution in [0.5, 0.6) is 0 Å². The average molecular weight is 348 g/mol. The average Bonchev–Trinajstić information content (AvgIpc) is 2.60. The lowest BCUT2D eigenvalue weighted by Crippen LogP contribution is -2.29. The molecule has 1 heterocycles. The van der Waals surface area contributed by atoms with Gasteiger partial charge in [-0.1, -0.05) is 0 Å². The number of aliphatic hydroxyl groups is 1. The number of hydrogen-bond acceptors (Lipinski definition) is 6. The third-order valence-electron chi connectivity index (χ3n) is 3.04. The van der Waals surface area contributed by atoms with Crippen LogP contribution in [0.25, 0.3) is 0 Å². The summed E-state index contributed by atoms with van der Waals surface area (Å²) in [5.41, 5.74) is 7.58. The molecule has 0 saturated carbocycles. The highest BCUT2D eigenvalue weighted by Gasteiger charge is 2.06. The molecule has 8 nitrogen and oxygen atoms in total. The van der Waals surface area contributed by atoms with E-state index in [2.05, 4.69) is 14.8 Å². The lowest BCUT2D eigenvalue weighted by molar-refractivity contribution is 0.290. The van der Waals surface area contributed by atoms with E-state index in [9.17, 15) is 4.21 Å². The molecular weight excluding hydrogens is 328 g/mol. The number of pyridine rings is 1. The standard InChI is InChI=1S/C15H20N6O2S/c16-15(20-21(17)11-12-5-7-18-8-6-12)13-1-3-14(4-2-13)24(23)19-9-10-22/h1-8,19,22H,9-11,17H2,(H2,16,20). The number of nitrogens with zero attached hydrogens (tertiary/aromatic N) is 3. The zero-order chi connectivity index (χ0) is 17.4. The monoisotopic (exact) mass is 348 g/mol. The van der Waals surface area contributed by atoms with Crippen molar-refractivity contribution >= 4 is 16.8 Å². The van der Waals surface area contributed by atoms with Crippen molar-refractivity contribution in [3.63, 3.8) is 0 Å². The molecule has 2 rings (SSSR count). The van der Waals surface area contributed by atoms with Crippen LogP contribution in [0.3, 0.4) is 0 Å². The molecule has 0 spiro atoms. The molecule has 0 saturated heterocycles. The molecule has 9 heteroatoms. The third-order valence-corrected chi connectivity index (χ3v) is 4.21. The van der Waals surface area contributed by atoms with Gasteiger partial charge in [0.15, 0.2) is 5.84 Å². The third kappa shape index (κ3) is 5.39. The summed E-state index contributed by atoms with van der Waals surface area (Å²) < 4.78 is 14.5. The zero-order valence-electron chi connectivity index (χ0n) is 13.0. The number of benzene rings is 1. The van der Waals surface area contributed by atoms with Crippen LogP contribution in [0.1, 0.15) is 11.1 Å². The Morgan fingerprint density at radius 1 is 1.25 bits per heavy atom. The number of rotatable bonds is 8. The number of hydrazone groups is 1. The summed E-state index contributed by atoms with van der Waals surface area (Å²) in [4.78, 5) is 4.52. The first kappa shape index (κ1) is 18.0. The molecule has 0 fully saturated rings. The molecule has 0 bridgehead atoms. The first-order valence-electron chi connectivity index (χ1n) is 7.22. The zero-order valence-corrected chi connectivity index (χ0v) is 13.8. The Hall–Kier alpha value is -2.33. The molecule has 24 heavy (non-hydrogen) atoms. The highest BCUT2D eigenvalue weighted by atomic mass is 32.2. The predicted molar refractivity (Wildman–Crippen MR) is 92.6 cm³/mol. The van der Waals surface area contributed by atoms with Crippen molar-refractivity contribution in [1.29, 1.82) is 0 Å². The fraction of sp³-hybridized carbons (Fsp3) is 0.200. The number of amidine groups is 1. The summed E-state index contributed by atoms with van der Waals surface area (Å²) in [6.07, 6.45) is 3.36. The van der Waals surface area contributed by atoms with Gasteiger partial charge in [0.05, 0.1) is 18.0 Å². The van der Waals surface area contributed by atoms with E-state index in [4.69, 9.17) is 16.7 Å². The predicted octanol–water partition coefficient (Wildman–Crippen LogP) is -0.318. The molecule has 0 aliphatic rings. The van der Waals surface area contributed by atoms with Gasteiger partial charge in [0, 0.05) is 24.5 Å². The number of nitrogens with one attached hydrogen (secondary N) is 1. The number of aliphatic hydroxyl groups excluding tert-OH is 1. The Morgan fingerprint density at radius 2 is 1.92 bits per heavy atom. The normalized spacial score (nSPS) is 12.8. The number of hydrazine groups is 1. The molecule has 1 unspecified atom stereocenters. The van der Waals surface area contributed by atoms with Crippen LogP contribution in [0.2, 0.25) is 0 Å². The van der Waals surface area contributed by atoms with Gasteiger partial charge in [-0.25, -0.2) is 19.9 Å². The quantitative estimate of drug-likeness (QED) is 0.224. The minimum absolute atomic E-state index is 0.0761. The molecule has 0 amide bonds. The summed E-state index contributed by atoms with van der Waals surface area (Å²) >= 11 is 0. The van der Waals surface area contributed by atoms with E-state index < -0.39 is 11.0 Å². The first-order chi connectivity index (χ1) is 11.6. The second kappa shape index (κ2) is 9.08. The van der Waals surface area contributed by atoms with Crippen LogP contribution in [0.4, 0.5) is 0 Å².